The highest BCUT2D eigenvalue weighted by Gasteiger charge is 2.48. The molecular formula is C12H21F3O3. The number of aliphatic hydroxyl groups excluding tert-OH is 1. The van der Waals surface area contributed by atoms with E-state index in [0.29, 0.717) is 13.0 Å². The molecule has 0 aromatic carbocycles. The van der Waals surface area contributed by atoms with Gasteiger partial charge in [0.05, 0.1) is 6.10 Å². The minimum Gasteiger partial charge on any atom is -0.390 e. The molecule has 1 heterocycles. The molecule has 0 bridgehead atoms. The van der Waals surface area contributed by atoms with Gasteiger partial charge in [0.15, 0.2) is 12.4 Å². The van der Waals surface area contributed by atoms with E-state index in [0.717, 1.165) is 25.7 Å². The Morgan fingerprint density at radius 1 is 1.22 bits per heavy atom. The number of hydrogen-bond acceptors (Lipinski definition) is 3. The van der Waals surface area contributed by atoms with E-state index in [1.807, 2.05) is 0 Å². The maximum atomic E-state index is 12.5. The summed E-state index contributed by atoms with van der Waals surface area (Å²) in [6.45, 7) is 2.49. The summed E-state index contributed by atoms with van der Waals surface area (Å²) in [6, 6.07) is 0. The van der Waals surface area contributed by atoms with E-state index >= 15 is 0 Å². The highest BCUT2D eigenvalue weighted by atomic mass is 19.4. The Bertz CT molecular complexity index is 233. The summed E-state index contributed by atoms with van der Waals surface area (Å²) < 4.78 is 47.6. The molecule has 0 spiro atoms. The Balaban J connectivity index is 2.27. The molecule has 1 aliphatic heterocycles. The molecule has 1 aliphatic rings. The van der Waals surface area contributed by atoms with Crippen molar-refractivity contribution in [3.8, 4) is 0 Å². The zero-order chi connectivity index (χ0) is 13.6. The SMILES string of the molecule is CCCCCCO[C@H]1CCC(O)C(C(F)(F)F)O1. The first-order chi connectivity index (χ1) is 8.45. The second-order valence-electron chi connectivity index (χ2n) is 4.60. The van der Waals surface area contributed by atoms with Gasteiger partial charge in [-0.2, -0.15) is 13.2 Å². The molecule has 0 saturated carbocycles. The van der Waals surface area contributed by atoms with Crippen LogP contribution < -0.4 is 0 Å². The lowest BCUT2D eigenvalue weighted by Crippen LogP contribution is -2.48. The number of alkyl halides is 3. The van der Waals surface area contributed by atoms with Crippen LogP contribution in [0.15, 0.2) is 0 Å². The van der Waals surface area contributed by atoms with E-state index in [9.17, 15) is 18.3 Å². The molecule has 2 unspecified atom stereocenters. The normalized spacial score (nSPS) is 29.5. The van der Waals surface area contributed by atoms with Crippen LogP contribution in [0.5, 0.6) is 0 Å². The van der Waals surface area contributed by atoms with Crippen LogP contribution in [-0.4, -0.2) is 36.4 Å². The average molecular weight is 270 g/mol. The van der Waals surface area contributed by atoms with Gasteiger partial charge < -0.3 is 14.6 Å². The molecule has 0 radical (unpaired) electrons. The first-order valence-corrected chi connectivity index (χ1v) is 6.47. The van der Waals surface area contributed by atoms with Gasteiger partial charge in [0, 0.05) is 13.0 Å². The van der Waals surface area contributed by atoms with Gasteiger partial charge in [-0.3, -0.25) is 0 Å². The van der Waals surface area contributed by atoms with E-state index in [2.05, 4.69) is 6.92 Å². The van der Waals surface area contributed by atoms with Gasteiger partial charge in [-0.15, -0.1) is 0 Å². The molecule has 1 saturated heterocycles. The van der Waals surface area contributed by atoms with Gasteiger partial charge in [-0.05, 0) is 12.8 Å². The van der Waals surface area contributed by atoms with Crippen LogP contribution in [0.2, 0.25) is 0 Å². The number of ether oxygens (including phenoxy) is 2. The van der Waals surface area contributed by atoms with Crippen LogP contribution in [0.1, 0.15) is 45.4 Å². The molecule has 3 atom stereocenters. The van der Waals surface area contributed by atoms with E-state index < -0.39 is 24.7 Å². The first-order valence-electron chi connectivity index (χ1n) is 6.47. The van der Waals surface area contributed by atoms with Crippen molar-refractivity contribution in [2.45, 2.75) is 70.1 Å². The van der Waals surface area contributed by atoms with Crippen molar-refractivity contribution in [2.75, 3.05) is 6.61 Å². The van der Waals surface area contributed by atoms with E-state index in [1.54, 1.807) is 0 Å². The molecule has 0 amide bonds. The Morgan fingerprint density at radius 2 is 1.94 bits per heavy atom. The van der Waals surface area contributed by atoms with E-state index in [4.69, 9.17) is 9.47 Å². The maximum Gasteiger partial charge on any atom is 0.417 e. The van der Waals surface area contributed by atoms with Crippen LogP contribution in [-0.2, 0) is 9.47 Å². The molecule has 3 nitrogen and oxygen atoms in total. The smallest absolute Gasteiger partial charge is 0.390 e. The average Bonchev–Trinajstić information content (AvgIpc) is 2.29. The summed E-state index contributed by atoms with van der Waals surface area (Å²) in [6.07, 6.45) is -4.59. The zero-order valence-corrected chi connectivity index (χ0v) is 10.6. The highest BCUT2D eigenvalue weighted by molar-refractivity contribution is 4.81. The topological polar surface area (TPSA) is 38.7 Å². The second kappa shape index (κ2) is 7.31. The standard InChI is InChI=1S/C12H21F3O3/c1-2-3-4-5-8-17-10-7-6-9(16)11(18-10)12(13,14)15/h9-11,16H,2-8H2,1H3/t9?,10-,11?/m1/s1. The predicted octanol–water partition coefficient (Wildman–Crippen LogP) is 3.01. The minimum absolute atomic E-state index is 0.0593. The third-order valence-electron chi connectivity index (χ3n) is 2.97. The van der Waals surface area contributed by atoms with Gasteiger partial charge in [-0.1, -0.05) is 26.2 Å². The minimum atomic E-state index is -4.54. The van der Waals surface area contributed by atoms with Crippen LogP contribution in [0.25, 0.3) is 0 Å². The summed E-state index contributed by atoms with van der Waals surface area (Å²) in [5.41, 5.74) is 0. The number of rotatable bonds is 6. The zero-order valence-electron chi connectivity index (χ0n) is 10.6. The van der Waals surface area contributed by atoms with Crippen molar-refractivity contribution in [2.24, 2.45) is 0 Å². The summed E-state index contributed by atoms with van der Waals surface area (Å²) in [5.74, 6) is 0. The van der Waals surface area contributed by atoms with Gasteiger partial charge >= 0.3 is 6.18 Å². The number of hydrogen-bond donors (Lipinski definition) is 1. The lowest BCUT2D eigenvalue weighted by molar-refractivity contribution is -0.311. The largest absolute Gasteiger partial charge is 0.417 e. The van der Waals surface area contributed by atoms with Gasteiger partial charge in [0.1, 0.15) is 0 Å². The van der Waals surface area contributed by atoms with Crippen molar-refractivity contribution in [1.29, 1.82) is 0 Å². The molecule has 1 fully saturated rings. The van der Waals surface area contributed by atoms with E-state index in [-0.39, 0.29) is 6.42 Å². The lowest BCUT2D eigenvalue weighted by Gasteiger charge is -2.34. The molecule has 0 aromatic rings. The summed E-state index contributed by atoms with van der Waals surface area (Å²) >= 11 is 0. The summed E-state index contributed by atoms with van der Waals surface area (Å²) in [7, 11) is 0. The number of unbranched alkanes of at least 4 members (excludes halogenated alkanes) is 3. The van der Waals surface area contributed by atoms with Crippen molar-refractivity contribution in [3.05, 3.63) is 0 Å². The number of aliphatic hydroxyl groups is 1. The molecule has 1 rings (SSSR count). The molecule has 0 aliphatic carbocycles. The molecule has 18 heavy (non-hydrogen) atoms. The molecule has 108 valence electrons. The van der Waals surface area contributed by atoms with Crippen LogP contribution in [0.4, 0.5) is 13.2 Å². The lowest BCUT2D eigenvalue weighted by atomic mass is 10.0. The Hall–Kier alpha value is -0.330. The molecule has 6 heteroatoms. The highest BCUT2D eigenvalue weighted by Crippen LogP contribution is 2.32. The maximum absolute atomic E-state index is 12.5. The Kier molecular flexibility index (Phi) is 6.38. The summed E-state index contributed by atoms with van der Waals surface area (Å²) in [5, 5.41) is 9.26. The van der Waals surface area contributed by atoms with Gasteiger partial charge in [0.25, 0.3) is 0 Å². The van der Waals surface area contributed by atoms with Crippen molar-refractivity contribution < 1.29 is 27.8 Å². The van der Waals surface area contributed by atoms with Crippen LogP contribution >= 0.6 is 0 Å². The first kappa shape index (κ1) is 15.7. The second-order valence-corrected chi connectivity index (χ2v) is 4.60. The van der Waals surface area contributed by atoms with Crippen LogP contribution in [0, 0.1) is 0 Å². The fraction of sp³-hybridized carbons (Fsp3) is 1.00. The Morgan fingerprint density at radius 3 is 2.56 bits per heavy atom. The Labute approximate surface area is 105 Å². The third-order valence-corrected chi connectivity index (χ3v) is 2.97. The van der Waals surface area contributed by atoms with Crippen LogP contribution in [0.3, 0.4) is 0 Å². The third kappa shape index (κ3) is 5.12. The summed E-state index contributed by atoms with van der Waals surface area (Å²) in [4.78, 5) is 0. The fourth-order valence-electron chi connectivity index (χ4n) is 1.94. The molecule has 1 N–H and O–H groups in total. The van der Waals surface area contributed by atoms with Crippen molar-refractivity contribution >= 4 is 0 Å². The molecular weight excluding hydrogens is 249 g/mol. The van der Waals surface area contributed by atoms with Crippen molar-refractivity contribution in [1.82, 2.24) is 0 Å². The van der Waals surface area contributed by atoms with Gasteiger partial charge in [-0.25, -0.2) is 0 Å². The monoisotopic (exact) mass is 270 g/mol. The van der Waals surface area contributed by atoms with Gasteiger partial charge in [0.2, 0.25) is 0 Å². The van der Waals surface area contributed by atoms with Crippen molar-refractivity contribution in [3.63, 3.8) is 0 Å². The quantitative estimate of drug-likeness (QED) is 0.754. The fourth-order valence-corrected chi connectivity index (χ4v) is 1.94. The molecule has 0 aromatic heterocycles. The predicted molar refractivity (Wildman–Crippen MR) is 60.1 cm³/mol. The van der Waals surface area contributed by atoms with E-state index in [1.165, 1.54) is 0 Å². The number of halogens is 3.